The summed E-state index contributed by atoms with van der Waals surface area (Å²) < 4.78 is 0. The van der Waals surface area contributed by atoms with Crippen molar-refractivity contribution in [3.8, 4) is 0 Å². The second kappa shape index (κ2) is 5.35. The van der Waals surface area contributed by atoms with Gasteiger partial charge in [0.1, 0.15) is 0 Å². The van der Waals surface area contributed by atoms with Crippen LogP contribution in [0.15, 0.2) is 18.2 Å². The molecule has 0 bridgehead atoms. The Hall–Kier alpha value is -1.71. The largest absolute Gasteiger partial charge is 0.465 e. The number of benzene rings is 1. The zero-order valence-electron chi connectivity index (χ0n) is 12.5. The number of hydrogen-bond donors (Lipinski definition) is 2. The number of nitrogen functional groups attached to an aromatic ring is 1. The van der Waals surface area contributed by atoms with Crippen molar-refractivity contribution < 1.29 is 9.90 Å². The van der Waals surface area contributed by atoms with Crippen LogP contribution >= 0.6 is 0 Å². The highest BCUT2D eigenvalue weighted by molar-refractivity contribution is 5.66. The van der Waals surface area contributed by atoms with Gasteiger partial charge >= 0.3 is 6.09 Å². The monoisotopic (exact) mass is 276 g/mol. The van der Waals surface area contributed by atoms with Crippen molar-refractivity contribution >= 4 is 11.8 Å². The standard InChI is InChI=1S/C16H24N2O2/c1-4-18(15(19)20)16(2,3)14-7-5-6-11-10-12(17)8-9-13(11)14/h8-10,14H,4-7,17H2,1-3H3,(H,19,20). The predicted molar refractivity (Wildman–Crippen MR) is 81.0 cm³/mol. The van der Waals surface area contributed by atoms with Gasteiger partial charge in [0.25, 0.3) is 0 Å². The minimum absolute atomic E-state index is 0.225. The number of rotatable bonds is 3. The Bertz CT molecular complexity index is 511. The van der Waals surface area contributed by atoms with Crippen LogP contribution in [0.25, 0.3) is 0 Å². The van der Waals surface area contributed by atoms with Gasteiger partial charge in [-0.25, -0.2) is 4.79 Å². The maximum absolute atomic E-state index is 11.5. The van der Waals surface area contributed by atoms with Gasteiger partial charge in [0.2, 0.25) is 0 Å². The number of anilines is 1. The van der Waals surface area contributed by atoms with Crippen molar-refractivity contribution in [2.75, 3.05) is 12.3 Å². The Morgan fingerprint density at radius 1 is 1.50 bits per heavy atom. The van der Waals surface area contributed by atoms with Crippen LogP contribution in [-0.2, 0) is 6.42 Å². The number of nitrogens with zero attached hydrogens (tertiary/aromatic N) is 1. The van der Waals surface area contributed by atoms with Gasteiger partial charge in [-0.3, -0.25) is 0 Å². The molecule has 1 aromatic rings. The van der Waals surface area contributed by atoms with E-state index in [0.29, 0.717) is 6.54 Å². The van der Waals surface area contributed by atoms with Crippen molar-refractivity contribution in [1.29, 1.82) is 0 Å². The number of amides is 1. The van der Waals surface area contributed by atoms with Gasteiger partial charge in [-0.2, -0.15) is 0 Å². The summed E-state index contributed by atoms with van der Waals surface area (Å²) in [6.07, 6.45) is 2.29. The van der Waals surface area contributed by atoms with Gasteiger partial charge in [-0.05, 0) is 63.3 Å². The molecule has 1 aromatic carbocycles. The molecule has 0 saturated heterocycles. The first-order valence-corrected chi connectivity index (χ1v) is 7.26. The molecule has 4 heteroatoms. The van der Waals surface area contributed by atoms with E-state index < -0.39 is 11.6 Å². The predicted octanol–water partition coefficient (Wildman–Crippen LogP) is 3.47. The Labute approximate surface area is 120 Å². The zero-order chi connectivity index (χ0) is 14.9. The molecule has 0 spiro atoms. The number of fused-ring (bicyclic) bond motifs is 1. The Balaban J connectivity index is 2.41. The van der Waals surface area contributed by atoms with Crippen molar-refractivity contribution in [2.45, 2.75) is 51.5 Å². The molecule has 0 aromatic heterocycles. The fourth-order valence-corrected chi connectivity index (χ4v) is 3.55. The molecular formula is C16H24N2O2. The molecule has 3 N–H and O–H groups in total. The lowest BCUT2D eigenvalue weighted by Crippen LogP contribution is -2.51. The molecule has 1 atom stereocenters. The molecule has 0 fully saturated rings. The number of hydrogen-bond acceptors (Lipinski definition) is 2. The lowest BCUT2D eigenvalue weighted by Gasteiger charge is -2.44. The SMILES string of the molecule is CCN(C(=O)O)C(C)(C)C1CCCc2cc(N)ccc21. The van der Waals surface area contributed by atoms with Crippen LogP contribution in [0.2, 0.25) is 0 Å². The molecule has 1 unspecified atom stereocenters. The third kappa shape index (κ3) is 2.47. The summed E-state index contributed by atoms with van der Waals surface area (Å²) in [6, 6.07) is 6.03. The molecule has 0 saturated carbocycles. The Morgan fingerprint density at radius 3 is 2.80 bits per heavy atom. The van der Waals surface area contributed by atoms with Crippen molar-refractivity contribution in [2.24, 2.45) is 0 Å². The Kier molecular flexibility index (Phi) is 3.93. The smallest absolute Gasteiger partial charge is 0.407 e. The van der Waals surface area contributed by atoms with Crippen LogP contribution in [0.1, 0.15) is 50.7 Å². The lowest BCUT2D eigenvalue weighted by molar-refractivity contribution is 0.0773. The molecule has 0 radical (unpaired) electrons. The lowest BCUT2D eigenvalue weighted by atomic mass is 9.72. The summed E-state index contributed by atoms with van der Waals surface area (Å²) in [5.41, 5.74) is 8.77. The van der Waals surface area contributed by atoms with E-state index in [2.05, 4.69) is 6.07 Å². The zero-order valence-corrected chi connectivity index (χ0v) is 12.5. The van der Waals surface area contributed by atoms with Crippen LogP contribution in [0, 0.1) is 0 Å². The van der Waals surface area contributed by atoms with Crippen LogP contribution in [0.3, 0.4) is 0 Å². The second-order valence-corrected chi connectivity index (χ2v) is 6.08. The molecule has 1 aliphatic rings. The molecule has 20 heavy (non-hydrogen) atoms. The van der Waals surface area contributed by atoms with Gasteiger partial charge in [-0.15, -0.1) is 0 Å². The Morgan fingerprint density at radius 2 is 2.20 bits per heavy atom. The molecule has 1 aliphatic carbocycles. The number of carbonyl (C=O) groups is 1. The van der Waals surface area contributed by atoms with E-state index in [1.807, 2.05) is 32.9 Å². The minimum atomic E-state index is -0.847. The van der Waals surface area contributed by atoms with Crippen LogP contribution in [-0.4, -0.2) is 28.2 Å². The number of aryl methyl sites for hydroxylation is 1. The van der Waals surface area contributed by atoms with E-state index in [1.54, 1.807) is 4.90 Å². The number of likely N-dealkylation sites (N-methyl/N-ethyl adjacent to an activating group) is 1. The van der Waals surface area contributed by atoms with Crippen molar-refractivity contribution in [3.05, 3.63) is 29.3 Å². The fourth-order valence-electron chi connectivity index (χ4n) is 3.55. The first-order chi connectivity index (χ1) is 9.37. The summed E-state index contributed by atoms with van der Waals surface area (Å²) in [4.78, 5) is 13.0. The minimum Gasteiger partial charge on any atom is -0.465 e. The summed E-state index contributed by atoms with van der Waals surface area (Å²) in [5, 5.41) is 9.44. The quantitative estimate of drug-likeness (QED) is 0.831. The summed E-state index contributed by atoms with van der Waals surface area (Å²) in [5.74, 6) is 0.225. The molecular weight excluding hydrogens is 252 g/mol. The third-order valence-electron chi connectivity index (χ3n) is 4.58. The first-order valence-electron chi connectivity index (χ1n) is 7.26. The maximum Gasteiger partial charge on any atom is 0.407 e. The maximum atomic E-state index is 11.5. The summed E-state index contributed by atoms with van der Waals surface area (Å²) in [7, 11) is 0. The molecule has 1 amide bonds. The highest BCUT2D eigenvalue weighted by Gasteiger charge is 2.40. The van der Waals surface area contributed by atoms with Crippen LogP contribution in [0.4, 0.5) is 10.5 Å². The molecule has 2 rings (SSSR count). The van der Waals surface area contributed by atoms with E-state index in [4.69, 9.17) is 5.73 Å². The van der Waals surface area contributed by atoms with Crippen LogP contribution in [0.5, 0.6) is 0 Å². The van der Waals surface area contributed by atoms with E-state index in [9.17, 15) is 9.90 Å². The molecule has 0 aliphatic heterocycles. The van der Waals surface area contributed by atoms with E-state index in [1.165, 1.54) is 11.1 Å². The van der Waals surface area contributed by atoms with Gasteiger partial charge in [-0.1, -0.05) is 6.07 Å². The fraction of sp³-hybridized carbons (Fsp3) is 0.562. The number of nitrogens with two attached hydrogens (primary N) is 1. The first kappa shape index (κ1) is 14.7. The normalized spacial score (nSPS) is 18.4. The van der Waals surface area contributed by atoms with E-state index >= 15 is 0 Å². The van der Waals surface area contributed by atoms with E-state index in [-0.39, 0.29) is 5.92 Å². The van der Waals surface area contributed by atoms with Crippen molar-refractivity contribution in [3.63, 3.8) is 0 Å². The third-order valence-corrected chi connectivity index (χ3v) is 4.58. The van der Waals surface area contributed by atoms with Gasteiger partial charge in [0, 0.05) is 23.7 Å². The second-order valence-electron chi connectivity index (χ2n) is 6.08. The summed E-state index contributed by atoms with van der Waals surface area (Å²) in [6.45, 7) is 6.45. The van der Waals surface area contributed by atoms with Gasteiger partial charge < -0.3 is 15.7 Å². The topological polar surface area (TPSA) is 66.6 Å². The molecule has 0 heterocycles. The molecule has 110 valence electrons. The average Bonchev–Trinajstić information content (AvgIpc) is 2.37. The average molecular weight is 276 g/mol. The van der Waals surface area contributed by atoms with Crippen LogP contribution < -0.4 is 5.73 Å². The highest BCUT2D eigenvalue weighted by atomic mass is 16.4. The van der Waals surface area contributed by atoms with Gasteiger partial charge in [0.05, 0.1) is 0 Å². The van der Waals surface area contributed by atoms with Gasteiger partial charge in [0.15, 0.2) is 0 Å². The number of carboxylic acid groups (broad SMARTS) is 1. The highest BCUT2D eigenvalue weighted by Crippen LogP contribution is 2.42. The van der Waals surface area contributed by atoms with Crippen molar-refractivity contribution in [1.82, 2.24) is 4.90 Å². The van der Waals surface area contributed by atoms with E-state index in [0.717, 1.165) is 24.9 Å². The molecule has 4 nitrogen and oxygen atoms in total. The summed E-state index contributed by atoms with van der Waals surface area (Å²) >= 11 is 0.